The molecule has 1 aliphatic heterocycles. The molecule has 0 radical (unpaired) electrons. The molecule has 1 unspecified atom stereocenters. The zero-order valence-electron chi connectivity index (χ0n) is 11.8. The number of benzene rings is 1. The molecule has 0 aliphatic carbocycles. The Morgan fingerprint density at radius 2 is 2.21 bits per heavy atom. The third kappa shape index (κ3) is 2.99. The Labute approximate surface area is 115 Å². The van der Waals surface area contributed by atoms with Crippen LogP contribution >= 0.6 is 0 Å². The van der Waals surface area contributed by atoms with Crippen LogP contribution < -0.4 is 10.6 Å². The Kier molecular flexibility index (Phi) is 4.28. The highest BCUT2D eigenvalue weighted by Crippen LogP contribution is 2.28. The molecule has 1 aromatic carbocycles. The Morgan fingerprint density at radius 1 is 1.42 bits per heavy atom. The predicted octanol–water partition coefficient (Wildman–Crippen LogP) is 2.06. The lowest BCUT2D eigenvalue weighted by molar-refractivity contribution is 0.328. The number of likely N-dealkylation sites (N-methyl/N-ethyl adjacent to an activating group) is 1. The van der Waals surface area contributed by atoms with Crippen LogP contribution in [0.25, 0.3) is 0 Å². The van der Waals surface area contributed by atoms with Gasteiger partial charge in [0.2, 0.25) is 0 Å². The van der Waals surface area contributed by atoms with Crippen LogP contribution in [0.3, 0.4) is 0 Å². The number of nitrogen functional groups attached to an aromatic ring is 1. The van der Waals surface area contributed by atoms with Gasteiger partial charge in [-0.25, -0.2) is 0 Å². The number of hydrogen-bond acceptors (Lipinski definition) is 4. The monoisotopic (exact) mass is 258 g/mol. The maximum atomic E-state index is 9.05. The van der Waals surface area contributed by atoms with Crippen molar-refractivity contribution in [1.82, 2.24) is 4.90 Å². The molecule has 1 atom stereocenters. The first kappa shape index (κ1) is 13.7. The average Bonchev–Trinajstić information content (AvgIpc) is 2.60. The van der Waals surface area contributed by atoms with Crippen molar-refractivity contribution < 1.29 is 0 Å². The molecule has 1 aromatic rings. The fraction of sp³-hybridized carbons (Fsp3) is 0.533. The second-order valence-corrected chi connectivity index (χ2v) is 5.26. The van der Waals surface area contributed by atoms with Crippen molar-refractivity contribution in [2.45, 2.75) is 25.8 Å². The molecule has 0 spiro atoms. The molecule has 1 heterocycles. The molecule has 0 saturated carbocycles. The number of anilines is 2. The van der Waals surface area contributed by atoms with Crippen molar-refractivity contribution in [2.24, 2.45) is 0 Å². The van der Waals surface area contributed by atoms with E-state index in [2.05, 4.69) is 29.8 Å². The standard InChI is InChI=1S/C15H22N4/c1-3-13-11-18(2)7-4-8-19(13)15-9-12(10-16)5-6-14(15)17/h5-6,9,13H,3-4,7-8,11,17H2,1-2H3. The van der Waals surface area contributed by atoms with Gasteiger partial charge in [0.05, 0.1) is 23.0 Å². The number of rotatable bonds is 2. The number of nitrogens with zero attached hydrogens (tertiary/aromatic N) is 3. The highest BCUT2D eigenvalue weighted by molar-refractivity contribution is 5.70. The summed E-state index contributed by atoms with van der Waals surface area (Å²) in [6.45, 7) is 5.38. The number of nitriles is 1. The minimum Gasteiger partial charge on any atom is -0.397 e. The summed E-state index contributed by atoms with van der Waals surface area (Å²) < 4.78 is 0. The fourth-order valence-corrected chi connectivity index (χ4v) is 2.77. The van der Waals surface area contributed by atoms with Crippen molar-refractivity contribution in [3.8, 4) is 6.07 Å². The van der Waals surface area contributed by atoms with Gasteiger partial charge in [-0.05, 0) is 44.6 Å². The van der Waals surface area contributed by atoms with Gasteiger partial charge in [-0.1, -0.05) is 6.92 Å². The Balaban J connectivity index is 2.35. The van der Waals surface area contributed by atoms with E-state index in [0.717, 1.165) is 43.9 Å². The minimum atomic E-state index is 0.462. The van der Waals surface area contributed by atoms with Crippen LogP contribution in [0.2, 0.25) is 0 Å². The molecular formula is C15H22N4. The van der Waals surface area contributed by atoms with Crippen LogP contribution in [-0.2, 0) is 0 Å². The zero-order valence-corrected chi connectivity index (χ0v) is 11.8. The summed E-state index contributed by atoms with van der Waals surface area (Å²) in [6.07, 6.45) is 2.21. The molecule has 0 amide bonds. The summed E-state index contributed by atoms with van der Waals surface area (Å²) in [5.74, 6) is 0. The number of nitrogens with two attached hydrogens (primary N) is 1. The van der Waals surface area contributed by atoms with Gasteiger partial charge < -0.3 is 15.5 Å². The first-order valence-electron chi connectivity index (χ1n) is 6.90. The maximum absolute atomic E-state index is 9.05. The first-order chi connectivity index (χ1) is 9.15. The predicted molar refractivity (Wildman–Crippen MR) is 79.1 cm³/mol. The van der Waals surface area contributed by atoms with Crippen LogP contribution in [0.15, 0.2) is 18.2 Å². The van der Waals surface area contributed by atoms with Crippen molar-refractivity contribution in [3.63, 3.8) is 0 Å². The molecule has 0 aromatic heterocycles. The summed E-state index contributed by atoms with van der Waals surface area (Å²) >= 11 is 0. The summed E-state index contributed by atoms with van der Waals surface area (Å²) in [5, 5.41) is 9.05. The molecule has 0 bridgehead atoms. The maximum Gasteiger partial charge on any atom is 0.0992 e. The van der Waals surface area contributed by atoms with E-state index in [0.29, 0.717) is 11.6 Å². The molecule has 1 fully saturated rings. The second-order valence-electron chi connectivity index (χ2n) is 5.26. The van der Waals surface area contributed by atoms with E-state index >= 15 is 0 Å². The van der Waals surface area contributed by atoms with Crippen molar-refractivity contribution in [2.75, 3.05) is 37.3 Å². The molecule has 1 aliphatic rings. The Hall–Kier alpha value is -1.73. The van der Waals surface area contributed by atoms with Gasteiger partial charge in [0, 0.05) is 19.1 Å². The fourth-order valence-electron chi connectivity index (χ4n) is 2.77. The van der Waals surface area contributed by atoms with E-state index in [1.165, 1.54) is 0 Å². The largest absolute Gasteiger partial charge is 0.397 e. The van der Waals surface area contributed by atoms with E-state index in [9.17, 15) is 0 Å². The van der Waals surface area contributed by atoms with Crippen LogP contribution in [-0.4, -0.2) is 37.6 Å². The molecule has 4 nitrogen and oxygen atoms in total. The van der Waals surface area contributed by atoms with Gasteiger partial charge in [0.15, 0.2) is 0 Å². The molecule has 1 saturated heterocycles. The van der Waals surface area contributed by atoms with Gasteiger partial charge in [-0.15, -0.1) is 0 Å². The van der Waals surface area contributed by atoms with Crippen molar-refractivity contribution in [1.29, 1.82) is 5.26 Å². The SMILES string of the molecule is CCC1CN(C)CCCN1c1cc(C#N)ccc1N. The highest BCUT2D eigenvalue weighted by atomic mass is 15.2. The van der Waals surface area contributed by atoms with Crippen LogP contribution in [0, 0.1) is 11.3 Å². The number of hydrogen-bond donors (Lipinski definition) is 1. The molecule has 102 valence electrons. The summed E-state index contributed by atoms with van der Waals surface area (Å²) in [6, 6.07) is 8.20. The topological polar surface area (TPSA) is 56.3 Å². The van der Waals surface area contributed by atoms with E-state index < -0.39 is 0 Å². The summed E-state index contributed by atoms with van der Waals surface area (Å²) in [5.41, 5.74) is 8.57. The average molecular weight is 258 g/mol. The van der Waals surface area contributed by atoms with Gasteiger partial charge in [0.25, 0.3) is 0 Å². The Morgan fingerprint density at radius 3 is 2.89 bits per heavy atom. The van der Waals surface area contributed by atoms with Gasteiger partial charge in [0.1, 0.15) is 0 Å². The van der Waals surface area contributed by atoms with Crippen LogP contribution in [0.5, 0.6) is 0 Å². The highest BCUT2D eigenvalue weighted by Gasteiger charge is 2.23. The van der Waals surface area contributed by atoms with Crippen molar-refractivity contribution >= 4 is 11.4 Å². The Bertz CT molecular complexity index is 478. The zero-order chi connectivity index (χ0) is 13.8. The van der Waals surface area contributed by atoms with Gasteiger partial charge >= 0.3 is 0 Å². The molecule has 2 rings (SSSR count). The third-order valence-corrected chi connectivity index (χ3v) is 3.84. The normalized spacial score (nSPS) is 20.9. The summed E-state index contributed by atoms with van der Waals surface area (Å²) in [4.78, 5) is 4.75. The molecular weight excluding hydrogens is 236 g/mol. The lowest BCUT2D eigenvalue weighted by Crippen LogP contribution is -2.40. The quantitative estimate of drug-likeness (QED) is 0.825. The lowest BCUT2D eigenvalue weighted by atomic mass is 10.1. The van der Waals surface area contributed by atoms with Crippen molar-refractivity contribution in [3.05, 3.63) is 23.8 Å². The minimum absolute atomic E-state index is 0.462. The summed E-state index contributed by atoms with van der Waals surface area (Å²) in [7, 11) is 2.17. The van der Waals surface area contributed by atoms with E-state index in [1.54, 1.807) is 6.07 Å². The second kappa shape index (κ2) is 5.94. The molecule has 2 N–H and O–H groups in total. The lowest BCUT2D eigenvalue weighted by Gasteiger charge is -2.33. The first-order valence-corrected chi connectivity index (χ1v) is 6.90. The van der Waals surface area contributed by atoms with Crippen LogP contribution in [0.4, 0.5) is 11.4 Å². The smallest absolute Gasteiger partial charge is 0.0992 e. The third-order valence-electron chi connectivity index (χ3n) is 3.84. The van der Waals surface area contributed by atoms with Crippen LogP contribution in [0.1, 0.15) is 25.3 Å². The van der Waals surface area contributed by atoms with E-state index in [4.69, 9.17) is 11.0 Å². The van der Waals surface area contributed by atoms with E-state index in [1.807, 2.05) is 12.1 Å². The van der Waals surface area contributed by atoms with Gasteiger partial charge in [-0.3, -0.25) is 0 Å². The van der Waals surface area contributed by atoms with Gasteiger partial charge in [-0.2, -0.15) is 5.26 Å². The molecule has 4 heteroatoms. The van der Waals surface area contributed by atoms with E-state index in [-0.39, 0.29) is 0 Å². The molecule has 19 heavy (non-hydrogen) atoms.